The van der Waals surface area contributed by atoms with Crippen LogP contribution >= 0.6 is 0 Å². The van der Waals surface area contributed by atoms with E-state index in [1.165, 1.54) is 21.3 Å². The van der Waals surface area contributed by atoms with Crippen molar-refractivity contribution in [2.75, 3.05) is 44.7 Å². The lowest BCUT2D eigenvalue weighted by molar-refractivity contribution is -0.122. The van der Waals surface area contributed by atoms with Crippen LogP contribution in [0, 0.1) is 0 Å². The molecule has 0 aliphatic carbocycles. The fourth-order valence-corrected chi connectivity index (χ4v) is 3.18. The van der Waals surface area contributed by atoms with E-state index in [4.69, 9.17) is 14.2 Å². The summed E-state index contributed by atoms with van der Waals surface area (Å²) in [6.07, 6.45) is 0.780. The van der Waals surface area contributed by atoms with E-state index in [9.17, 15) is 9.59 Å². The molecule has 1 aliphatic rings. The van der Waals surface area contributed by atoms with Crippen molar-refractivity contribution < 1.29 is 23.8 Å². The number of rotatable bonds is 6. The van der Waals surface area contributed by atoms with E-state index in [2.05, 4.69) is 5.32 Å². The lowest BCUT2D eigenvalue weighted by Crippen LogP contribution is -2.32. The van der Waals surface area contributed by atoms with Gasteiger partial charge in [-0.1, -0.05) is 12.1 Å². The van der Waals surface area contributed by atoms with E-state index in [1.54, 1.807) is 29.2 Å². The molecule has 0 aromatic heterocycles. The molecule has 142 valence electrons. The number of nitrogens with one attached hydrogen (secondary N) is 1. The van der Waals surface area contributed by atoms with Crippen molar-refractivity contribution in [1.82, 2.24) is 0 Å². The van der Waals surface area contributed by atoms with Crippen molar-refractivity contribution >= 4 is 23.2 Å². The molecule has 7 heteroatoms. The van der Waals surface area contributed by atoms with Crippen molar-refractivity contribution in [2.24, 2.45) is 0 Å². The predicted molar refractivity (Wildman–Crippen MR) is 102 cm³/mol. The van der Waals surface area contributed by atoms with Crippen molar-refractivity contribution in [3.63, 3.8) is 0 Å². The molecule has 2 aromatic rings. The molecule has 0 radical (unpaired) electrons. The molecule has 0 atom stereocenters. The van der Waals surface area contributed by atoms with Crippen LogP contribution in [0.2, 0.25) is 0 Å². The van der Waals surface area contributed by atoms with Gasteiger partial charge in [-0.15, -0.1) is 0 Å². The summed E-state index contributed by atoms with van der Waals surface area (Å²) in [5, 5.41) is 2.86. The molecule has 7 nitrogen and oxygen atoms in total. The van der Waals surface area contributed by atoms with E-state index < -0.39 is 0 Å². The van der Waals surface area contributed by atoms with Crippen LogP contribution in [0.25, 0.3) is 0 Å². The van der Waals surface area contributed by atoms with Crippen molar-refractivity contribution in [3.8, 4) is 11.5 Å². The molecule has 1 aliphatic heterocycles. The molecule has 2 amide bonds. The highest BCUT2D eigenvalue weighted by atomic mass is 16.5. The summed E-state index contributed by atoms with van der Waals surface area (Å²) in [7, 11) is 4.50. The summed E-state index contributed by atoms with van der Waals surface area (Å²) >= 11 is 0. The molecular formula is C20H22N2O5. The summed E-state index contributed by atoms with van der Waals surface area (Å²) < 4.78 is 15.5. The first-order chi connectivity index (χ1) is 13.1. The zero-order chi connectivity index (χ0) is 19.4. The van der Waals surface area contributed by atoms with E-state index in [0.717, 1.165) is 17.7 Å². The van der Waals surface area contributed by atoms with Crippen LogP contribution in [-0.4, -0.2) is 46.3 Å². The van der Waals surface area contributed by atoms with Gasteiger partial charge >= 0.3 is 0 Å². The monoisotopic (exact) mass is 370 g/mol. The van der Waals surface area contributed by atoms with Gasteiger partial charge in [0.1, 0.15) is 6.61 Å². The van der Waals surface area contributed by atoms with Gasteiger partial charge in [-0.3, -0.25) is 9.59 Å². The average Bonchev–Trinajstić information content (AvgIpc) is 3.10. The van der Waals surface area contributed by atoms with Gasteiger partial charge in [0.05, 0.1) is 19.8 Å². The molecule has 1 N–H and O–H groups in total. The molecule has 0 saturated heterocycles. The Balaban J connectivity index is 1.84. The number of nitrogens with zero attached hydrogens (tertiary/aromatic N) is 1. The lowest BCUT2D eigenvalue weighted by Gasteiger charge is -2.18. The second-order valence-corrected chi connectivity index (χ2v) is 6.07. The smallest absolute Gasteiger partial charge is 0.259 e. The van der Waals surface area contributed by atoms with Crippen LogP contribution in [0.3, 0.4) is 0 Å². The second-order valence-electron chi connectivity index (χ2n) is 6.07. The summed E-state index contributed by atoms with van der Waals surface area (Å²) in [4.78, 5) is 26.6. The molecule has 27 heavy (non-hydrogen) atoms. The number of hydrogen-bond donors (Lipinski definition) is 1. The van der Waals surface area contributed by atoms with E-state index in [0.29, 0.717) is 29.3 Å². The quantitative estimate of drug-likeness (QED) is 0.845. The Labute approximate surface area is 157 Å². The van der Waals surface area contributed by atoms with E-state index in [-0.39, 0.29) is 18.4 Å². The molecule has 0 saturated carbocycles. The van der Waals surface area contributed by atoms with Gasteiger partial charge in [0.2, 0.25) is 0 Å². The first kappa shape index (κ1) is 18.7. The van der Waals surface area contributed by atoms with E-state index in [1.807, 2.05) is 12.1 Å². The van der Waals surface area contributed by atoms with Gasteiger partial charge in [0.25, 0.3) is 11.8 Å². The zero-order valence-corrected chi connectivity index (χ0v) is 15.6. The first-order valence-corrected chi connectivity index (χ1v) is 8.53. The number of fused-ring (bicyclic) bond motifs is 1. The minimum absolute atomic E-state index is 0.0248. The predicted octanol–water partition coefficient (Wildman–Crippen LogP) is 2.49. The third kappa shape index (κ3) is 3.73. The summed E-state index contributed by atoms with van der Waals surface area (Å²) in [5.74, 6) is 0.429. The Morgan fingerprint density at radius 3 is 2.63 bits per heavy atom. The highest BCUT2D eigenvalue weighted by molar-refractivity contribution is 6.07. The SMILES string of the molecule is COCC(=O)N1CCc2ccc(NC(=O)c3cccc(OC)c3OC)cc21. The zero-order valence-electron chi connectivity index (χ0n) is 15.6. The average molecular weight is 370 g/mol. The number of ether oxygens (including phenoxy) is 3. The fourth-order valence-electron chi connectivity index (χ4n) is 3.18. The summed E-state index contributed by atoms with van der Waals surface area (Å²) in [5.41, 5.74) is 2.83. The Hall–Kier alpha value is -3.06. The fraction of sp³-hybridized carbons (Fsp3) is 0.300. The van der Waals surface area contributed by atoms with E-state index >= 15 is 0 Å². The number of methoxy groups -OCH3 is 3. The standard InChI is InChI=1S/C20H22N2O5/c1-25-12-18(23)22-10-9-13-7-8-14(11-16(13)22)21-20(24)15-5-4-6-17(26-2)19(15)27-3/h4-8,11H,9-10,12H2,1-3H3,(H,21,24). The van der Waals surface area contributed by atoms with Crippen LogP contribution in [-0.2, 0) is 16.0 Å². The minimum atomic E-state index is -0.321. The number of hydrogen-bond acceptors (Lipinski definition) is 5. The summed E-state index contributed by atoms with van der Waals surface area (Å²) in [6, 6.07) is 10.7. The van der Waals surface area contributed by atoms with Crippen LogP contribution in [0.4, 0.5) is 11.4 Å². The normalized spacial score (nSPS) is 12.5. The molecule has 0 unspecified atom stereocenters. The lowest BCUT2D eigenvalue weighted by atomic mass is 10.1. The van der Waals surface area contributed by atoms with Gasteiger partial charge in [0, 0.05) is 25.0 Å². The van der Waals surface area contributed by atoms with Gasteiger partial charge in [-0.25, -0.2) is 0 Å². The highest BCUT2D eigenvalue weighted by Gasteiger charge is 2.25. The molecule has 3 rings (SSSR count). The highest BCUT2D eigenvalue weighted by Crippen LogP contribution is 2.33. The number of amides is 2. The summed E-state index contributed by atoms with van der Waals surface area (Å²) in [6.45, 7) is 0.635. The third-order valence-corrected chi connectivity index (χ3v) is 4.46. The van der Waals surface area contributed by atoms with Gasteiger partial charge in [-0.2, -0.15) is 0 Å². The Kier molecular flexibility index (Phi) is 5.61. The molecule has 0 bridgehead atoms. The first-order valence-electron chi connectivity index (χ1n) is 8.53. The van der Waals surface area contributed by atoms with Crippen LogP contribution in [0.15, 0.2) is 36.4 Å². The number of benzene rings is 2. The molecule has 0 spiro atoms. The number of anilines is 2. The van der Waals surface area contributed by atoms with Gasteiger partial charge in [0.15, 0.2) is 11.5 Å². The number of para-hydroxylation sites is 1. The van der Waals surface area contributed by atoms with Crippen molar-refractivity contribution in [3.05, 3.63) is 47.5 Å². The van der Waals surface area contributed by atoms with Crippen molar-refractivity contribution in [1.29, 1.82) is 0 Å². The largest absolute Gasteiger partial charge is 0.493 e. The number of carbonyl (C=O) groups excluding carboxylic acids is 2. The molecule has 2 aromatic carbocycles. The maximum Gasteiger partial charge on any atom is 0.259 e. The Morgan fingerprint density at radius 2 is 1.93 bits per heavy atom. The van der Waals surface area contributed by atoms with Gasteiger partial charge in [-0.05, 0) is 36.2 Å². The van der Waals surface area contributed by atoms with Crippen LogP contribution in [0.5, 0.6) is 11.5 Å². The van der Waals surface area contributed by atoms with Crippen LogP contribution < -0.4 is 19.7 Å². The third-order valence-electron chi connectivity index (χ3n) is 4.46. The maximum absolute atomic E-state index is 12.7. The van der Waals surface area contributed by atoms with Crippen molar-refractivity contribution in [2.45, 2.75) is 6.42 Å². The van der Waals surface area contributed by atoms with Gasteiger partial charge < -0.3 is 24.4 Å². The second kappa shape index (κ2) is 8.09. The topological polar surface area (TPSA) is 77.1 Å². The molecule has 1 heterocycles. The minimum Gasteiger partial charge on any atom is -0.493 e. The van der Waals surface area contributed by atoms with Crippen LogP contribution in [0.1, 0.15) is 15.9 Å². The molecular weight excluding hydrogens is 348 g/mol. The Bertz CT molecular complexity index is 865. The maximum atomic E-state index is 12.7. The molecule has 0 fully saturated rings. The Morgan fingerprint density at radius 1 is 1.11 bits per heavy atom. The number of carbonyl (C=O) groups is 2.